The fourth-order valence-corrected chi connectivity index (χ4v) is 3.21. The van der Waals surface area contributed by atoms with Crippen LogP contribution < -0.4 is 4.74 Å². The summed E-state index contributed by atoms with van der Waals surface area (Å²) in [6.45, 7) is 2.78. The zero-order chi connectivity index (χ0) is 14.3. The minimum Gasteiger partial charge on any atom is -0.494 e. The van der Waals surface area contributed by atoms with Crippen molar-refractivity contribution in [3.63, 3.8) is 0 Å². The molecule has 2 aromatic rings. The molecule has 2 atom stereocenters. The summed E-state index contributed by atoms with van der Waals surface area (Å²) >= 11 is 5.40. The van der Waals surface area contributed by atoms with Crippen molar-refractivity contribution >= 4 is 23.3 Å². The van der Waals surface area contributed by atoms with Gasteiger partial charge in [0, 0.05) is 24.8 Å². The average molecular weight is 296 g/mol. The van der Waals surface area contributed by atoms with E-state index >= 15 is 0 Å². The predicted molar refractivity (Wildman–Crippen MR) is 77.3 cm³/mol. The Morgan fingerprint density at radius 3 is 3.00 bits per heavy atom. The highest BCUT2D eigenvalue weighted by molar-refractivity contribution is 7.71. The molecule has 1 aliphatic rings. The molecule has 1 aromatic carbocycles. The third-order valence-corrected chi connectivity index (χ3v) is 4.11. The van der Waals surface area contributed by atoms with Gasteiger partial charge in [-0.1, -0.05) is 0 Å². The van der Waals surface area contributed by atoms with Crippen LogP contribution in [0.25, 0.3) is 11.0 Å². The van der Waals surface area contributed by atoms with Gasteiger partial charge in [0.25, 0.3) is 0 Å². The summed E-state index contributed by atoms with van der Waals surface area (Å²) in [6, 6.07) is 3.41. The number of ether oxygens (including phenoxy) is 2. The third kappa shape index (κ3) is 2.23. The second-order valence-electron chi connectivity index (χ2n) is 5.16. The van der Waals surface area contributed by atoms with Crippen LogP contribution in [0.4, 0.5) is 4.39 Å². The molecule has 0 amide bonds. The van der Waals surface area contributed by atoms with E-state index in [1.165, 1.54) is 13.2 Å². The molecule has 1 aromatic heterocycles. The van der Waals surface area contributed by atoms with Gasteiger partial charge in [0.1, 0.15) is 0 Å². The molecule has 4 nitrogen and oxygen atoms in total. The number of hydrogen-bond donors (Lipinski definition) is 1. The quantitative estimate of drug-likeness (QED) is 0.861. The Morgan fingerprint density at radius 1 is 1.50 bits per heavy atom. The minimum absolute atomic E-state index is 0.211. The van der Waals surface area contributed by atoms with Crippen molar-refractivity contribution in [3.8, 4) is 5.75 Å². The molecule has 6 heteroatoms. The lowest BCUT2D eigenvalue weighted by molar-refractivity contribution is 0.00647. The van der Waals surface area contributed by atoms with Gasteiger partial charge in [0.15, 0.2) is 16.3 Å². The number of benzene rings is 1. The van der Waals surface area contributed by atoms with Crippen molar-refractivity contribution in [3.05, 3.63) is 22.7 Å². The van der Waals surface area contributed by atoms with Crippen molar-refractivity contribution in [2.75, 3.05) is 13.7 Å². The number of nitrogens with one attached hydrogen (secondary N) is 1. The lowest BCUT2D eigenvalue weighted by atomic mass is 10.0. The van der Waals surface area contributed by atoms with E-state index in [2.05, 4.69) is 16.5 Å². The Labute approximate surface area is 121 Å². The number of fused-ring (bicyclic) bond motifs is 1. The molecule has 2 unspecified atom stereocenters. The third-order valence-electron chi connectivity index (χ3n) is 3.81. The number of rotatable bonds is 2. The minimum atomic E-state index is -0.385. The van der Waals surface area contributed by atoms with Crippen molar-refractivity contribution < 1.29 is 13.9 Å². The largest absolute Gasteiger partial charge is 0.494 e. The van der Waals surface area contributed by atoms with E-state index in [0.29, 0.717) is 10.3 Å². The van der Waals surface area contributed by atoms with Gasteiger partial charge in [-0.3, -0.25) is 0 Å². The van der Waals surface area contributed by atoms with Gasteiger partial charge in [-0.2, -0.15) is 0 Å². The highest BCUT2D eigenvalue weighted by Crippen LogP contribution is 2.31. The number of aromatic nitrogens is 2. The number of methoxy groups -OCH3 is 1. The van der Waals surface area contributed by atoms with Crippen molar-refractivity contribution in [2.24, 2.45) is 0 Å². The van der Waals surface area contributed by atoms with E-state index < -0.39 is 0 Å². The number of imidazole rings is 1. The van der Waals surface area contributed by atoms with Crippen LogP contribution in [-0.2, 0) is 4.74 Å². The van der Waals surface area contributed by atoms with Crippen LogP contribution >= 0.6 is 12.2 Å². The molecule has 3 rings (SSSR count). The molecule has 1 N–H and O–H groups in total. The molecule has 108 valence electrons. The molecule has 2 heterocycles. The Morgan fingerprint density at radius 2 is 2.30 bits per heavy atom. The number of aromatic amines is 1. The zero-order valence-corrected chi connectivity index (χ0v) is 12.3. The molecule has 0 saturated carbocycles. The van der Waals surface area contributed by atoms with Crippen molar-refractivity contribution in [2.45, 2.75) is 31.9 Å². The highest BCUT2D eigenvalue weighted by Gasteiger charge is 2.23. The summed E-state index contributed by atoms with van der Waals surface area (Å²) in [4.78, 5) is 3.07. The lowest BCUT2D eigenvalue weighted by Crippen LogP contribution is -2.25. The first-order valence-corrected chi connectivity index (χ1v) is 7.10. The van der Waals surface area contributed by atoms with Crippen LogP contribution in [0.15, 0.2) is 12.1 Å². The molecule has 1 aliphatic heterocycles. The molecule has 1 saturated heterocycles. The zero-order valence-electron chi connectivity index (χ0n) is 11.5. The summed E-state index contributed by atoms with van der Waals surface area (Å²) in [5, 5.41) is 0. The molecule has 0 bridgehead atoms. The van der Waals surface area contributed by atoms with Gasteiger partial charge < -0.3 is 19.0 Å². The van der Waals surface area contributed by atoms with Crippen LogP contribution in [0.3, 0.4) is 0 Å². The summed E-state index contributed by atoms with van der Waals surface area (Å²) in [5.41, 5.74) is 1.58. The van der Waals surface area contributed by atoms with Crippen LogP contribution in [-0.4, -0.2) is 29.4 Å². The summed E-state index contributed by atoms with van der Waals surface area (Å²) < 4.78 is 27.1. The fourth-order valence-electron chi connectivity index (χ4n) is 2.85. The normalized spacial score (nSPS) is 23.1. The maximum absolute atomic E-state index is 13.8. The topological polar surface area (TPSA) is 39.2 Å². The van der Waals surface area contributed by atoms with Crippen molar-refractivity contribution in [1.82, 2.24) is 9.55 Å². The van der Waals surface area contributed by atoms with Crippen molar-refractivity contribution in [1.29, 1.82) is 0 Å². The Hall–Kier alpha value is -1.40. The van der Waals surface area contributed by atoms with Gasteiger partial charge in [-0.05, 0) is 32.0 Å². The summed E-state index contributed by atoms with van der Waals surface area (Å²) in [7, 11) is 1.46. The molecular formula is C14H17FN2O2S. The van der Waals surface area contributed by atoms with E-state index in [9.17, 15) is 4.39 Å². The first kappa shape index (κ1) is 13.6. The SMILES string of the molecule is COc1cc2c(cc1F)[nH]c(=S)n2C1CCOC(C)C1. The average Bonchev–Trinajstić information content (AvgIpc) is 2.72. The van der Waals surface area contributed by atoms with Crippen LogP contribution in [0.1, 0.15) is 25.8 Å². The maximum Gasteiger partial charge on any atom is 0.178 e. The van der Waals surface area contributed by atoms with E-state index in [0.717, 1.165) is 25.0 Å². The highest BCUT2D eigenvalue weighted by atomic mass is 32.1. The summed E-state index contributed by atoms with van der Waals surface area (Å²) in [5.74, 6) is -0.149. The number of H-pyrrole nitrogens is 1. The van der Waals surface area contributed by atoms with E-state index in [-0.39, 0.29) is 23.7 Å². The monoisotopic (exact) mass is 296 g/mol. The first-order valence-electron chi connectivity index (χ1n) is 6.69. The molecular weight excluding hydrogens is 279 g/mol. The smallest absolute Gasteiger partial charge is 0.178 e. The van der Waals surface area contributed by atoms with Crippen LogP contribution in [0.5, 0.6) is 5.75 Å². The van der Waals surface area contributed by atoms with Gasteiger partial charge in [0.2, 0.25) is 0 Å². The second kappa shape index (κ2) is 5.18. The summed E-state index contributed by atoms with van der Waals surface area (Å²) in [6.07, 6.45) is 2.02. The second-order valence-corrected chi connectivity index (χ2v) is 5.55. The van der Waals surface area contributed by atoms with Gasteiger partial charge in [-0.15, -0.1) is 0 Å². The number of halogens is 1. The standard InChI is InChI=1S/C14H17FN2O2S/c1-8-5-9(3-4-19-8)17-12-7-13(18-2)10(15)6-11(12)16-14(17)20/h6-9H,3-5H2,1-2H3,(H,16,20). The Kier molecular flexibility index (Phi) is 3.52. The van der Waals surface area contributed by atoms with Crippen LogP contribution in [0, 0.1) is 10.6 Å². The molecule has 0 spiro atoms. The lowest BCUT2D eigenvalue weighted by Gasteiger charge is -2.28. The Balaban J connectivity index is 2.14. The Bertz CT molecular complexity index is 694. The predicted octanol–water partition coefficient (Wildman–Crippen LogP) is 3.59. The van der Waals surface area contributed by atoms with E-state index in [1.807, 2.05) is 0 Å². The number of hydrogen-bond acceptors (Lipinski definition) is 3. The maximum atomic E-state index is 13.8. The van der Waals surface area contributed by atoms with E-state index in [4.69, 9.17) is 21.7 Å². The molecule has 0 aliphatic carbocycles. The van der Waals surface area contributed by atoms with Gasteiger partial charge >= 0.3 is 0 Å². The number of nitrogens with zero attached hydrogens (tertiary/aromatic N) is 1. The van der Waals surface area contributed by atoms with Crippen LogP contribution in [0.2, 0.25) is 0 Å². The van der Waals surface area contributed by atoms with Gasteiger partial charge in [-0.25, -0.2) is 4.39 Å². The molecule has 20 heavy (non-hydrogen) atoms. The van der Waals surface area contributed by atoms with E-state index in [1.54, 1.807) is 6.07 Å². The molecule has 1 fully saturated rings. The van der Waals surface area contributed by atoms with Gasteiger partial charge in [0.05, 0.1) is 24.2 Å². The fraction of sp³-hybridized carbons (Fsp3) is 0.500. The molecule has 0 radical (unpaired) electrons. The first-order chi connectivity index (χ1) is 9.60.